The van der Waals surface area contributed by atoms with E-state index in [-0.39, 0.29) is 46.1 Å². The Morgan fingerprint density at radius 3 is 1.00 bits per heavy atom. The van der Waals surface area contributed by atoms with Crippen LogP contribution in [-0.2, 0) is 0 Å². The maximum absolute atomic E-state index is 3.21. The van der Waals surface area contributed by atoms with Crippen LogP contribution >= 0.6 is 0 Å². The van der Waals surface area contributed by atoms with Gasteiger partial charge in [0.15, 0.2) is 0 Å². The van der Waals surface area contributed by atoms with Gasteiger partial charge in [0, 0.05) is 0 Å². The van der Waals surface area contributed by atoms with Crippen LogP contribution in [-0.4, -0.2) is 46.1 Å². The molecule has 0 saturated carbocycles. The summed E-state index contributed by atoms with van der Waals surface area (Å²) in [6.07, 6.45) is 36.0. The summed E-state index contributed by atoms with van der Waals surface area (Å²) in [7, 11) is 0. The van der Waals surface area contributed by atoms with Gasteiger partial charge in [-0.05, 0) is 0 Å². The SMILES string of the molecule is CC1=[C-]CC=C1.CC1=[C-]CC=C1.CCC1=[C-]CC=C1.CCC1=[C-]CC=C1.[Mg+2].[Mg+2]. The molecule has 0 nitrogen and oxygen atoms in total. The third kappa shape index (κ3) is 15.4. The van der Waals surface area contributed by atoms with Gasteiger partial charge in [0.05, 0.1) is 0 Å². The van der Waals surface area contributed by atoms with Gasteiger partial charge in [-0.3, -0.25) is 24.3 Å². The van der Waals surface area contributed by atoms with Crippen molar-refractivity contribution in [2.24, 2.45) is 0 Å². The Morgan fingerprint density at radius 2 is 0.893 bits per heavy atom. The minimum absolute atomic E-state index is 0. The van der Waals surface area contributed by atoms with Crippen molar-refractivity contribution in [3.05, 3.63) is 95.2 Å². The maximum atomic E-state index is 3.21. The molecular formula is C26H32Mg2. The van der Waals surface area contributed by atoms with Gasteiger partial charge in [0.1, 0.15) is 0 Å². The molecule has 0 spiro atoms. The number of hydrogen-bond donors (Lipinski definition) is 0. The third-order valence-electron chi connectivity index (χ3n) is 4.03. The van der Waals surface area contributed by atoms with Crippen molar-refractivity contribution < 1.29 is 0 Å². The first-order chi connectivity index (χ1) is 12.7. The van der Waals surface area contributed by atoms with Crippen LogP contribution in [0.1, 0.15) is 66.2 Å². The van der Waals surface area contributed by atoms with Crippen molar-refractivity contribution >= 4 is 46.1 Å². The van der Waals surface area contributed by atoms with Crippen LogP contribution in [0.25, 0.3) is 0 Å². The summed E-state index contributed by atoms with van der Waals surface area (Å²) in [6.45, 7) is 8.42. The van der Waals surface area contributed by atoms with Crippen molar-refractivity contribution in [3.8, 4) is 0 Å². The molecule has 0 radical (unpaired) electrons. The first-order valence-corrected chi connectivity index (χ1v) is 9.66. The molecule has 0 aromatic heterocycles. The predicted molar refractivity (Wildman–Crippen MR) is 125 cm³/mol. The van der Waals surface area contributed by atoms with Crippen molar-refractivity contribution in [1.29, 1.82) is 0 Å². The summed E-state index contributed by atoms with van der Waals surface area (Å²) >= 11 is 0. The molecule has 0 bridgehead atoms. The van der Waals surface area contributed by atoms with Gasteiger partial charge in [-0.2, -0.15) is 24.3 Å². The second-order valence-electron chi connectivity index (χ2n) is 6.26. The van der Waals surface area contributed by atoms with Crippen LogP contribution in [0.3, 0.4) is 0 Å². The predicted octanol–water partition coefficient (Wildman–Crippen LogP) is 6.80. The molecule has 28 heavy (non-hydrogen) atoms. The van der Waals surface area contributed by atoms with Gasteiger partial charge in [-0.15, -0.1) is 25.7 Å². The van der Waals surface area contributed by atoms with Gasteiger partial charge in [0.2, 0.25) is 0 Å². The normalized spacial score (nSPS) is 16.7. The average Bonchev–Trinajstić information content (AvgIpc) is 3.44. The summed E-state index contributed by atoms with van der Waals surface area (Å²) in [5, 5.41) is 0. The Bertz CT molecular complexity index is 586. The van der Waals surface area contributed by atoms with Gasteiger partial charge in [0.25, 0.3) is 0 Å². The number of allylic oxidation sites excluding steroid dienone is 16. The van der Waals surface area contributed by atoms with Crippen LogP contribution < -0.4 is 0 Å². The summed E-state index contributed by atoms with van der Waals surface area (Å²) < 4.78 is 0. The second kappa shape index (κ2) is 19.8. The van der Waals surface area contributed by atoms with E-state index in [0.29, 0.717) is 0 Å². The summed E-state index contributed by atoms with van der Waals surface area (Å²) in [5.41, 5.74) is 5.27. The first-order valence-electron chi connectivity index (χ1n) is 9.66. The first kappa shape index (κ1) is 29.7. The molecule has 0 aromatic carbocycles. The van der Waals surface area contributed by atoms with E-state index >= 15 is 0 Å². The van der Waals surface area contributed by atoms with Gasteiger partial charge >= 0.3 is 46.1 Å². The molecule has 0 fully saturated rings. The Kier molecular flexibility index (Phi) is 20.9. The van der Waals surface area contributed by atoms with E-state index in [9.17, 15) is 0 Å². The van der Waals surface area contributed by atoms with Crippen LogP contribution in [0.15, 0.2) is 70.9 Å². The zero-order valence-electron chi connectivity index (χ0n) is 18.3. The number of rotatable bonds is 2. The van der Waals surface area contributed by atoms with E-state index in [2.05, 4.69) is 101 Å². The average molecular weight is 393 g/mol. The Hall–Kier alpha value is -0.548. The molecule has 4 aliphatic carbocycles. The quantitative estimate of drug-likeness (QED) is 0.358. The Morgan fingerprint density at radius 1 is 0.571 bits per heavy atom. The van der Waals surface area contributed by atoms with E-state index in [1.54, 1.807) is 0 Å². The third-order valence-corrected chi connectivity index (χ3v) is 4.03. The minimum Gasteiger partial charge on any atom is -0.270 e. The molecule has 0 unspecified atom stereocenters. The smallest absolute Gasteiger partial charge is 0.270 e. The van der Waals surface area contributed by atoms with Crippen LogP contribution in [0.5, 0.6) is 0 Å². The topological polar surface area (TPSA) is 0 Å². The molecule has 0 saturated heterocycles. The van der Waals surface area contributed by atoms with Crippen LogP contribution in [0, 0.1) is 24.3 Å². The van der Waals surface area contributed by atoms with Crippen LogP contribution in [0.4, 0.5) is 0 Å². The molecular weight excluding hydrogens is 361 g/mol. The van der Waals surface area contributed by atoms with E-state index in [4.69, 9.17) is 0 Å². The summed E-state index contributed by atoms with van der Waals surface area (Å²) in [6, 6.07) is 0. The van der Waals surface area contributed by atoms with Crippen molar-refractivity contribution in [2.75, 3.05) is 0 Å². The second-order valence-corrected chi connectivity index (χ2v) is 6.26. The summed E-state index contributed by atoms with van der Waals surface area (Å²) in [5.74, 6) is 0. The fraction of sp³-hybridized carbons (Fsp3) is 0.385. The molecule has 0 aliphatic heterocycles. The molecule has 0 heterocycles. The van der Waals surface area contributed by atoms with Crippen molar-refractivity contribution in [3.63, 3.8) is 0 Å². The molecule has 0 aromatic rings. The summed E-state index contributed by atoms with van der Waals surface area (Å²) in [4.78, 5) is 0. The van der Waals surface area contributed by atoms with Gasteiger partial charge < -0.3 is 0 Å². The zero-order valence-corrected chi connectivity index (χ0v) is 21.1. The largest absolute Gasteiger partial charge is 2.00 e. The number of hydrogen-bond acceptors (Lipinski definition) is 0. The fourth-order valence-electron chi connectivity index (χ4n) is 2.42. The standard InChI is InChI=1S/2C7H9.2C6H7.2Mg/c2*1-2-7-5-3-4-6-7;2*1-6-4-2-3-5-6;;/h2*3,5H,2,4H2,1H3;2*2,4H,3H2,1H3;;/q4*-1;2*+2. The van der Waals surface area contributed by atoms with E-state index in [0.717, 1.165) is 38.5 Å². The van der Waals surface area contributed by atoms with E-state index < -0.39 is 0 Å². The maximum Gasteiger partial charge on any atom is 2.00 e. The van der Waals surface area contributed by atoms with Crippen molar-refractivity contribution in [2.45, 2.75) is 66.2 Å². The molecule has 0 amide bonds. The van der Waals surface area contributed by atoms with Crippen molar-refractivity contribution in [1.82, 2.24) is 0 Å². The fourth-order valence-corrected chi connectivity index (χ4v) is 2.42. The Balaban J connectivity index is 0. The molecule has 4 aliphatic rings. The van der Waals surface area contributed by atoms with Crippen LogP contribution in [0.2, 0.25) is 0 Å². The monoisotopic (exact) mass is 392 g/mol. The van der Waals surface area contributed by atoms with Gasteiger partial charge in [-0.1, -0.05) is 40.5 Å². The van der Waals surface area contributed by atoms with Gasteiger partial charge in [-0.25, -0.2) is 46.6 Å². The molecule has 140 valence electrons. The van der Waals surface area contributed by atoms with E-state index in [1.807, 2.05) is 0 Å². The van der Waals surface area contributed by atoms with E-state index in [1.165, 1.54) is 22.3 Å². The molecule has 4 rings (SSSR count). The molecule has 0 atom stereocenters. The molecule has 2 heteroatoms. The minimum atomic E-state index is 0. The Labute approximate surface area is 206 Å². The molecule has 0 N–H and O–H groups in total. The zero-order chi connectivity index (χ0) is 19.0.